The number of nitrogens with zero attached hydrogens (tertiary/aromatic N) is 1. The minimum Gasteiger partial charge on any atom is -0.399 e. The number of rotatable bonds is 2. The van der Waals surface area contributed by atoms with Crippen molar-refractivity contribution in [3.63, 3.8) is 0 Å². The van der Waals surface area contributed by atoms with Crippen molar-refractivity contribution < 1.29 is 0 Å². The van der Waals surface area contributed by atoms with E-state index in [1.165, 1.54) is 4.88 Å². The largest absolute Gasteiger partial charge is 0.399 e. The number of nitrogens with two attached hydrogens (primary N) is 2. The van der Waals surface area contributed by atoms with Gasteiger partial charge >= 0.3 is 0 Å². The summed E-state index contributed by atoms with van der Waals surface area (Å²) in [6.07, 6.45) is 0. The average Bonchev–Trinajstić information content (AvgIpc) is 2.60. The lowest BCUT2D eigenvalue weighted by atomic mass is 10.1. The van der Waals surface area contributed by atoms with Crippen LogP contribution in [0.5, 0.6) is 0 Å². The molecule has 0 aliphatic rings. The topological polar surface area (TPSA) is 64.9 Å². The molecule has 0 unspecified atom stereocenters. The molecule has 4 N–H and O–H groups in total. The van der Waals surface area contributed by atoms with Gasteiger partial charge in [0.1, 0.15) is 0 Å². The lowest BCUT2D eigenvalue weighted by molar-refractivity contribution is 0.888. The van der Waals surface area contributed by atoms with Gasteiger partial charge in [0.2, 0.25) is 0 Å². The van der Waals surface area contributed by atoms with Gasteiger partial charge in [0, 0.05) is 16.1 Å². The van der Waals surface area contributed by atoms with E-state index in [1.54, 1.807) is 11.3 Å². The molecule has 0 fully saturated rings. The molecule has 2 rings (SSSR count). The van der Waals surface area contributed by atoms with Crippen LogP contribution in [0.2, 0.25) is 0 Å². The molecule has 0 saturated carbocycles. The van der Waals surface area contributed by atoms with Crippen LogP contribution in [0.15, 0.2) is 24.3 Å². The highest BCUT2D eigenvalue weighted by atomic mass is 32.1. The summed E-state index contributed by atoms with van der Waals surface area (Å²) in [6.45, 7) is 4.28. The monoisotopic (exact) mass is 233 g/mol. The second-order valence-corrected chi connectivity index (χ2v) is 5.11. The SMILES string of the molecule is CC(C)c1sc(N)nc1-c1cccc(N)c1. The fourth-order valence-corrected chi connectivity index (χ4v) is 2.49. The molecular formula is C12H15N3S. The maximum Gasteiger partial charge on any atom is 0.180 e. The maximum atomic E-state index is 5.77. The van der Waals surface area contributed by atoms with E-state index in [0.717, 1.165) is 16.9 Å². The Balaban J connectivity index is 2.55. The quantitative estimate of drug-likeness (QED) is 0.783. The minimum absolute atomic E-state index is 0.422. The van der Waals surface area contributed by atoms with Crippen LogP contribution in [-0.2, 0) is 0 Å². The fourth-order valence-electron chi connectivity index (χ4n) is 1.63. The van der Waals surface area contributed by atoms with Crippen molar-refractivity contribution in [1.82, 2.24) is 4.98 Å². The predicted molar refractivity (Wildman–Crippen MR) is 70.5 cm³/mol. The van der Waals surface area contributed by atoms with E-state index in [-0.39, 0.29) is 0 Å². The molecule has 2 aromatic rings. The molecule has 0 amide bonds. The third-order valence-electron chi connectivity index (χ3n) is 2.35. The number of anilines is 2. The predicted octanol–water partition coefficient (Wildman–Crippen LogP) is 3.10. The summed E-state index contributed by atoms with van der Waals surface area (Å²) in [5, 5.41) is 0.612. The molecule has 0 atom stereocenters. The molecule has 0 aliphatic carbocycles. The van der Waals surface area contributed by atoms with Crippen LogP contribution in [-0.4, -0.2) is 4.98 Å². The van der Waals surface area contributed by atoms with Gasteiger partial charge in [-0.3, -0.25) is 0 Å². The Morgan fingerprint density at radius 1 is 1.25 bits per heavy atom. The van der Waals surface area contributed by atoms with E-state index >= 15 is 0 Å². The van der Waals surface area contributed by atoms with E-state index in [1.807, 2.05) is 24.3 Å². The molecule has 1 aromatic heterocycles. The number of nitrogen functional groups attached to an aromatic ring is 2. The molecule has 0 saturated heterocycles. The van der Waals surface area contributed by atoms with Crippen molar-refractivity contribution in [2.75, 3.05) is 11.5 Å². The number of hydrogen-bond acceptors (Lipinski definition) is 4. The van der Waals surface area contributed by atoms with Gasteiger partial charge in [-0.1, -0.05) is 26.0 Å². The van der Waals surface area contributed by atoms with Crippen LogP contribution in [0.4, 0.5) is 10.8 Å². The summed E-state index contributed by atoms with van der Waals surface area (Å²) in [5.74, 6) is 0.422. The van der Waals surface area contributed by atoms with Crippen LogP contribution in [0.25, 0.3) is 11.3 Å². The Kier molecular flexibility index (Phi) is 2.83. The van der Waals surface area contributed by atoms with Crippen molar-refractivity contribution in [3.05, 3.63) is 29.1 Å². The van der Waals surface area contributed by atoms with Crippen molar-refractivity contribution in [3.8, 4) is 11.3 Å². The molecule has 1 heterocycles. The Morgan fingerprint density at radius 3 is 2.62 bits per heavy atom. The zero-order chi connectivity index (χ0) is 11.7. The summed E-state index contributed by atoms with van der Waals surface area (Å²) >= 11 is 1.55. The van der Waals surface area contributed by atoms with E-state index < -0.39 is 0 Å². The molecule has 16 heavy (non-hydrogen) atoms. The zero-order valence-electron chi connectivity index (χ0n) is 9.40. The summed E-state index contributed by atoms with van der Waals surface area (Å²) < 4.78 is 0. The summed E-state index contributed by atoms with van der Waals surface area (Å²) in [6, 6.07) is 7.75. The highest BCUT2D eigenvalue weighted by molar-refractivity contribution is 7.15. The van der Waals surface area contributed by atoms with Crippen LogP contribution in [0.1, 0.15) is 24.6 Å². The summed E-state index contributed by atoms with van der Waals surface area (Å²) in [4.78, 5) is 5.60. The third kappa shape index (κ3) is 2.02. The Hall–Kier alpha value is -1.55. The van der Waals surface area contributed by atoms with Gasteiger partial charge in [-0.2, -0.15) is 0 Å². The molecule has 4 heteroatoms. The molecule has 84 valence electrons. The van der Waals surface area contributed by atoms with E-state index in [0.29, 0.717) is 11.0 Å². The smallest absolute Gasteiger partial charge is 0.180 e. The lowest BCUT2D eigenvalue weighted by Gasteiger charge is -2.05. The first-order valence-electron chi connectivity index (χ1n) is 5.20. The maximum absolute atomic E-state index is 5.77. The summed E-state index contributed by atoms with van der Waals surface area (Å²) in [7, 11) is 0. The van der Waals surface area contributed by atoms with Crippen molar-refractivity contribution >= 4 is 22.2 Å². The van der Waals surface area contributed by atoms with Crippen LogP contribution in [0.3, 0.4) is 0 Å². The molecule has 0 bridgehead atoms. The second-order valence-electron chi connectivity index (χ2n) is 4.05. The molecule has 1 aromatic carbocycles. The molecule has 0 spiro atoms. The lowest BCUT2D eigenvalue weighted by Crippen LogP contribution is -1.90. The number of thiazole rings is 1. The number of hydrogen-bond donors (Lipinski definition) is 2. The standard InChI is InChI=1S/C12H15N3S/c1-7(2)11-10(15-12(14)16-11)8-4-3-5-9(13)6-8/h3-7H,13H2,1-2H3,(H2,14,15). The van der Waals surface area contributed by atoms with Crippen molar-refractivity contribution in [2.24, 2.45) is 0 Å². The first-order chi connectivity index (χ1) is 7.58. The minimum atomic E-state index is 0.422. The number of benzene rings is 1. The average molecular weight is 233 g/mol. The molecule has 0 aliphatic heterocycles. The molecule has 3 nitrogen and oxygen atoms in total. The zero-order valence-corrected chi connectivity index (χ0v) is 10.2. The highest BCUT2D eigenvalue weighted by Gasteiger charge is 2.14. The van der Waals surface area contributed by atoms with Gasteiger partial charge < -0.3 is 11.5 Å². The van der Waals surface area contributed by atoms with Gasteiger partial charge in [-0.25, -0.2) is 4.98 Å². The highest BCUT2D eigenvalue weighted by Crippen LogP contribution is 2.35. The number of aromatic nitrogens is 1. The Morgan fingerprint density at radius 2 is 2.00 bits per heavy atom. The van der Waals surface area contributed by atoms with Crippen LogP contribution in [0, 0.1) is 0 Å². The van der Waals surface area contributed by atoms with Crippen LogP contribution < -0.4 is 11.5 Å². The van der Waals surface area contributed by atoms with Crippen molar-refractivity contribution in [1.29, 1.82) is 0 Å². The first kappa shape index (κ1) is 11.0. The van der Waals surface area contributed by atoms with Gasteiger partial charge in [-0.15, -0.1) is 11.3 Å². The van der Waals surface area contributed by atoms with Gasteiger partial charge in [-0.05, 0) is 18.1 Å². The first-order valence-corrected chi connectivity index (χ1v) is 6.01. The summed E-state index contributed by atoms with van der Waals surface area (Å²) in [5.41, 5.74) is 14.3. The Labute approximate surface area is 99.1 Å². The van der Waals surface area contributed by atoms with E-state index in [2.05, 4.69) is 18.8 Å². The van der Waals surface area contributed by atoms with Gasteiger partial charge in [0.25, 0.3) is 0 Å². The van der Waals surface area contributed by atoms with E-state index in [9.17, 15) is 0 Å². The third-order valence-corrected chi connectivity index (χ3v) is 3.54. The van der Waals surface area contributed by atoms with Crippen LogP contribution >= 0.6 is 11.3 Å². The normalized spacial score (nSPS) is 10.9. The fraction of sp³-hybridized carbons (Fsp3) is 0.250. The molecular weight excluding hydrogens is 218 g/mol. The molecule has 0 radical (unpaired) electrons. The van der Waals surface area contributed by atoms with Gasteiger partial charge in [0.05, 0.1) is 5.69 Å². The second kappa shape index (κ2) is 4.14. The Bertz CT molecular complexity index is 503. The van der Waals surface area contributed by atoms with Gasteiger partial charge in [0.15, 0.2) is 5.13 Å². The van der Waals surface area contributed by atoms with Crippen molar-refractivity contribution in [2.45, 2.75) is 19.8 Å². The van der Waals surface area contributed by atoms with E-state index in [4.69, 9.17) is 11.5 Å².